The first-order chi connectivity index (χ1) is 5.65. The average molecular weight is 161 g/mol. The van der Waals surface area contributed by atoms with Crippen LogP contribution in [0.15, 0.2) is 18.2 Å². The van der Waals surface area contributed by atoms with Gasteiger partial charge in [0.25, 0.3) is 0 Å². The zero-order valence-electron chi connectivity index (χ0n) is 6.91. The molecule has 0 saturated carbocycles. The predicted molar refractivity (Wildman–Crippen MR) is 49.3 cm³/mol. The van der Waals surface area contributed by atoms with Gasteiger partial charge in [0.1, 0.15) is 0 Å². The van der Waals surface area contributed by atoms with Gasteiger partial charge in [-0.15, -0.1) is 0 Å². The fourth-order valence-corrected chi connectivity index (χ4v) is 0.937. The molecule has 1 atom stereocenters. The van der Waals surface area contributed by atoms with Crippen molar-refractivity contribution in [3.05, 3.63) is 23.8 Å². The smallest absolute Gasteiger partial charge is 0.0700 e. The van der Waals surface area contributed by atoms with Gasteiger partial charge in [0, 0.05) is 0 Å². The molecule has 3 heteroatoms. The molecule has 4 N–H and O–H groups in total. The molecule has 0 aliphatic heterocycles. The molecule has 1 aromatic rings. The second-order valence-corrected chi connectivity index (χ2v) is 2.74. The standard InChI is InChI=1S/C9H11N3/c1-6(5-10)7-2-3-8(11)9(12)4-7/h2-4,6H,11-12H2,1H3. The summed E-state index contributed by atoms with van der Waals surface area (Å²) in [6, 6.07) is 7.41. The topological polar surface area (TPSA) is 75.8 Å². The van der Waals surface area contributed by atoms with E-state index in [1.54, 1.807) is 12.1 Å². The van der Waals surface area contributed by atoms with Gasteiger partial charge < -0.3 is 11.5 Å². The van der Waals surface area contributed by atoms with Crippen LogP contribution >= 0.6 is 0 Å². The number of nitrogens with zero attached hydrogens (tertiary/aromatic N) is 1. The summed E-state index contributed by atoms with van der Waals surface area (Å²) < 4.78 is 0. The summed E-state index contributed by atoms with van der Waals surface area (Å²) in [5.41, 5.74) is 13.1. The Morgan fingerprint density at radius 2 is 2.00 bits per heavy atom. The average Bonchev–Trinajstić information content (AvgIpc) is 2.08. The lowest BCUT2D eigenvalue weighted by Crippen LogP contribution is -1.97. The van der Waals surface area contributed by atoms with E-state index in [9.17, 15) is 0 Å². The Hall–Kier alpha value is -1.69. The monoisotopic (exact) mass is 161 g/mol. The van der Waals surface area contributed by atoms with Crippen molar-refractivity contribution in [1.29, 1.82) is 5.26 Å². The van der Waals surface area contributed by atoms with E-state index in [0.717, 1.165) is 5.56 Å². The van der Waals surface area contributed by atoms with Gasteiger partial charge in [-0.3, -0.25) is 0 Å². The summed E-state index contributed by atoms with van der Waals surface area (Å²) in [7, 11) is 0. The van der Waals surface area contributed by atoms with Crippen LogP contribution in [0, 0.1) is 11.3 Å². The number of hydrogen-bond donors (Lipinski definition) is 2. The molecule has 0 radical (unpaired) electrons. The third-order valence-electron chi connectivity index (χ3n) is 1.80. The summed E-state index contributed by atoms with van der Waals surface area (Å²) in [5, 5.41) is 8.63. The van der Waals surface area contributed by atoms with Crippen LogP contribution in [-0.4, -0.2) is 0 Å². The van der Waals surface area contributed by atoms with Crippen LogP contribution in [0.25, 0.3) is 0 Å². The van der Waals surface area contributed by atoms with Gasteiger partial charge in [0.05, 0.1) is 23.4 Å². The lowest BCUT2D eigenvalue weighted by Gasteiger charge is -2.05. The van der Waals surface area contributed by atoms with E-state index in [4.69, 9.17) is 16.7 Å². The SMILES string of the molecule is CC(C#N)c1ccc(N)c(N)c1. The maximum atomic E-state index is 8.63. The number of benzene rings is 1. The molecule has 62 valence electrons. The van der Waals surface area contributed by atoms with Crippen molar-refractivity contribution < 1.29 is 0 Å². The molecule has 0 spiro atoms. The van der Waals surface area contributed by atoms with E-state index in [1.165, 1.54) is 0 Å². The Labute approximate surface area is 71.6 Å². The fourth-order valence-electron chi connectivity index (χ4n) is 0.937. The lowest BCUT2D eigenvalue weighted by molar-refractivity contribution is 0.983. The first-order valence-electron chi connectivity index (χ1n) is 3.69. The molecule has 0 aromatic heterocycles. The van der Waals surface area contributed by atoms with E-state index < -0.39 is 0 Å². The van der Waals surface area contributed by atoms with E-state index >= 15 is 0 Å². The minimum absolute atomic E-state index is 0.132. The first kappa shape index (κ1) is 8.41. The van der Waals surface area contributed by atoms with Crippen LogP contribution < -0.4 is 11.5 Å². The van der Waals surface area contributed by atoms with Gasteiger partial charge in [-0.25, -0.2) is 0 Å². The molecular weight excluding hydrogens is 150 g/mol. The van der Waals surface area contributed by atoms with Crippen LogP contribution in [0.3, 0.4) is 0 Å². The Morgan fingerprint density at radius 3 is 2.50 bits per heavy atom. The minimum atomic E-state index is -0.132. The fraction of sp³-hybridized carbons (Fsp3) is 0.222. The van der Waals surface area contributed by atoms with E-state index in [-0.39, 0.29) is 5.92 Å². The van der Waals surface area contributed by atoms with Crippen LogP contribution in [0.5, 0.6) is 0 Å². The van der Waals surface area contributed by atoms with Crippen molar-refractivity contribution in [1.82, 2.24) is 0 Å². The molecule has 0 heterocycles. The molecule has 1 aromatic carbocycles. The molecule has 0 bridgehead atoms. The molecule has 1 unspecified atom stereocenters. The molecule has 0 amide bonds. The van der Waals surface area contributed by atoms with Crippen molar-refractivity contribution in [3.63, 3.8) is 0 Å². The Kier molecular flexibility index (Phi) is 2.20. The van der Waals surface area contributed by atoms with Gasteiger partial charge in [-0.2, -0.15) is 5.26 Å². The van der Waals surface area contributed by atoms with Gasteiger partial charge in [0.2, 0.25) is 0 Å². The highest BCUT2D eigenvalue weighted by Crippen LogP contribution is 2.21. The highest BCUT2D eigenvalue weighted by atomic mass is 14.7. The molecule has 12 heavy (non-hydrogen) atoms. The molecule has 0 aliphatic carbocycles. The molecule has 0 fully saturated rings. The van der Waals surface area contributed by atoms with Crippen LogP contribution in [-0.2, 0) is 0 Å². The Morgan fingerprint density at radius 1 is 1.33 bits per heavy atom. The van der Waals surface area contributed by atoms with Gasteiger partial charge in [-0.05, 0) is 24.6 Å². The summed E-state index contributed by atoms with van der Waals surface area (Å²) in [5.74, 6) is -0.132. The van der Waals surface area contributed by atoms with Crippen LogP contribution in [0.1, 0.15) is 18.4 Å². The summed E-state index contributed by atoms with van der Waals surface area (Å²) in [6.07, 6.45) is 0. The Bertz CT molecular complexity index is 325. The van der Waals surface area contributed by atoms with Crippen LogP contribution in [0.2, 0.25) is 0 Å². The van der Waals surface area contributed by atoms with Gasteiger partial charge in [0.15, 0.2) is 0 Å². The quantitative estimate of drug-likeness (QED) is 0.612. The highest BCUT2D eigenvalue weighted by molar-refractivity contribution is 5.64. The number of hydrogen-bond acceptors (Lipinski definition) is 3. The minimum Gasteiger partial charge on any atom is -0.397 e. The van der Waals surface area contributed by atoms with Crippen molar-refractivity contribution in [2.45, 2.75) is 12.8 Å². The number of anilines is 2. The maximum absolute atomic E-state index is 8.63. The third-order valence-corrected chi connectivity index (χ3v) is 1.80. The van der Waals surface area contributed by atoms with E-state index in [2.05, 4.69) is 6.07 Å². The van der Waals surface area contributed by atoms with Crippen molar-refractivity contribution in [2.75, 3.05) is 11.5 Å². The largest absolute Gasteiger partial charge is 0.397 e. The van der Waals surface area contributed by atoms with E-state index in [0.29, 0.717) is 11.4 Å². The summed E-state index contributed by atoms with van der Waals surface area (Å²) in [4.78, 5) is 0. The zero-order valence-corrected chi connectivity index (χ0v) is 6.91. The molecule has 1 rings (SSSR count). The molecular formula is C9H11N3. The second-order valence-electron chi connectivity index (χ2n) is 2.74. The van der Waals surface area contributed by atoms with Crippen molar-refractivity contribution in [2.24, 2.45) is 0 Å². The number of rotatable bonds is 1. The highest BCUT2D eigenvalue weighted by Gasteiger charge is 2.04. The normalized spacial score (nSPS) is 12.0. The van der Waals surface area contributed by atoms with Gasteiger partial charge >= 0.3 is 0 Å². The molecule has 0 aliphatic rings. The molecule has 3 nitrogen and oxygen atoms in total. The Balaban J connectivity index is 3.06. The number of nitrogen functional groups attached to an aromatic ring is 2. The first-order valence-corrected chi connectivity index (χ1v) is 3.69. The summed E-state index contributed by atoms with van der Waals surface area (Å²) in [6.45, 7) is 1.82. The summed E-state index contributed by atoms with van der Waals surface area (Å²) >= 11 is 0. The van der Waals surface area contributed by atoms with Crippen LogP contribution in [0.4, 0.5) is 11.4 Å². The predicted octanol–water partition coefficient (Wildman–Crippen LogP) is 1.48. The molecule has 0 saturated heterocycles. The maximum Gasteiger partial charge on any atom is 0.0700 e. The number of nitriles is 1. The van der Waals surface area contributed by atoms with Crippen molar-refractivity contribution >= 4 is 11.4 Å². The van der Waals surface area contributed by atoms with Crippen molar-refractivity contribution in [3.8, 4) is 6.07 Å². The second kappa shape index (κ2) is 3.14. The number of nitrogens with two attached hydrogens (primary N) is 2. The third kappa shape index (κ3) is 1.48. The van der Waals surface area contributed by atoms with E-state index in [1.807, 2.05) is 13.0 Å². The zero-order chi connectivity index (χ0) is 9.14. The van der Waals surface area contributed by atoms with Gasteiger partial charge in [-0.1, -0.05) is 6.07 Å². The lowest BCUT2D eigenvalue weighted by atomic mass is 10.0.